The van der Waals surface area contributed by atoms with Crippen molar-refractivity contribution in [2.75, 3.05) is 20.0 Å². The Kier molecular flexibility index (Phi) is 3.47. The van der Waals surface area contributed by atoms with E-state index in [2.05, 4.69) is 4.72 Å². The number of rotatable bonds is 4. The molecule has 0 spiro atoms. The molecule has 0 radical (unpaired) electrons. The largest absolute Gasteiger partial charge is 0.383 e. The molecule has 0 saturated carbocycles. The van der Waals surface area contributed by atoms with E-state index in [0.29, 0.717) is 6.61 Å². The van der Waals surface area contributed by atoms with Gasteiger partial charge in [-0.2, -0.15) is 0 Å². The van der Waals surface area contributed by atoms with Crippen LogP contribution in [0.1, 0.15) is 13.8 Å². The van der Waals surface area contributed by atoms with Crippen LogP contribution in [0, 0.1) is 0 Å². The van der Waals surface area contributed by atoms with Gasteiger partial charge in [-0.05, 0) is 13.8 Å². The molecule has 0 amide bonds. The Morgan fingerprint density at radius 3 is 2.18 bits per heavy atom. The van der Waals surface area contributed by atoms with E-state index in [1.165, 1.54) is 7.11 Å². The molecule has 0 unspecified atom stereocenters. The molecule has 0 rings (SSSR count). The lowest BCUT2D eigenvalue weighted by molar-refractivity contribution is 0.141. The van der Waals surface area contributed by atoms with Crippen LogP contribution in [0.25, 0.3) is 0 Å². The zero-order valence-corrected chi connectivity index (χ0v) is 8.16. The predicted octanol–water partition coefficient (Wildman–Crippen LogP) is -0.0394. The molecule has 4 nitrogen and oxygen atoms in total. The Balaban J connectivity index is 4.13. The van der Waals surface area contributed by atoms with E-state index in [1.54, 1.807) is 13.8 Å². The lowest BCUT2D eigenvalue weighted by atomic mass is 10.1. The Morgan fingerprint density at radius 1 is 1.45 bits per heavy atom. The molecule has 0 saturated heterocycles. The third-order valence-corrected chi connectivity index (χ3v) is 1.89. The summed E-state index contributed by atoms with van der Waals surface area (Å²) in [5.74, 6) is 0. The standard InChI is InChI=1S/C6H15NO3S/c1-6(2,5-10-3)7-11(4,8)9/h7H,5H2,1-4H3. The van der Waals surface area contributed by atoms with Gasteiger partial charge in [0, 0.05) is 7.11 Å². The van der Waals surface area contributed by atoms with E-state index in [-0.39, 0.29) is 0 Å². The van der Waals surface area contributed by atoms with Crippen molar-refractivity contribution in [3.8, 4) is 0 Å². The number of sulfonamides is 1. The summed E-state index contributed by atoms with van der Waals surface area (Å²) in [5, 5.41) is 0. The predicted molar refractivity (Wildman–Crippen MR) is 43.9 cm³/mol. The van der Waals surface area contributed by atoms with Gasteiger partial charge < -0.3 is 4.74 Å². The number of hydrogen-bond acceptors (Lipinski definition) is 3. The molecule has 0 bridgehead atoms. The first-order valence-corrected chi connectivity index (χ1v) is 5.14. The summed E-state index contributed by atoms with van der Waals surface area (Å²) < 4.78 is 28.8. The number of ether oxygens (including phenoxy) is 1. The van der Waals surface area contributed by atoms with Crippen LogP contribution in [-0.4, -0.2) is 33.9 Å². The summed E-state index contributed by atoms with van der Waals surface area (Å²) >= 11 is 0. The van der Waals surface area contributed by atoms with Crippen molar-refractivity contribution in [2.24, 2.45) is 0 Å². The Morgan fingerprint density at radius 2 is 1.91 bits per heavy atom. The van der Waals surface area contributed by atoms with Gasteiger partial charge in [0.1, 0.15) is 0 Å². The van der Waals surface area contributed by atoms with Crippen LogP contribution in [-0.2, 0) is 14.8 Å². The molecule has 0 atom stereocenters. The lowest BCUT2D eigenvalue weighted by Crippen LogP contribution is -2.46. The van der Waals surface area contributed by atoms with Crippen LogP contribution in [0.4, 0.5) is 0 Å². The van der Waals surface area contributed by atoms with Crippen LogP contribution >= 0.6 is 0 Å². The summed E-state index contributed by atoms with van der Waals surface area (Å²) in [6.45, 7) is 3.88. The summed E-state index contributed by atoms with van der Waals surface area (Å²) in [7, 11) is -1.60. The lowest BCUT2D eigenvalue weighted by Gasteiger charge is -2.23. The topological polar surface area (TPSA) is 55.4 Å². The molecule has 0 heterocycles. The molecule has 0 aliphatic carbocycles. The average Bonchev–Trinajstić information content (AvgIpc) is 1.55. The highest BCUT2D eigenvalue weighted by molar-refractivity contribution is 7.88. The fourth-order valence-electron chi connectivity index (χ4n) is 0.892. The zero-order valence-electron chi connectivity index (χ0n) is 7.34. The molecule has 11 heavy (non-hydrogen) atoms. The number of nitrogens with one attached hydrogen (secondary N) is 1. The van der Waals surface area contributed by atoms with E-state index < -0.39 is 15.6 Å². The maximum Gasteiger partial charge on any atom is 0.209 e. The van der Waals surface area contributed by atoms with Gasteiger partial charge in [-0.1, -0.05) is 0 Å². The average molecular weight is 181 g/mol. The first-order valence-electron chi connectivity index (χ1n) is 3.25. The van der Waals surface area contributed by atoms with E-state index in [1.807, 2.05) is 0 Å². The van der Waals surface area contributed by atoms with Crippen molar-refractivity contribution < 1.29 is 13.2 Å². The summed E-state index contributed by atoms with van der Waals surface area (Å²) in [4.78, 5) is 0. The van der Waals surface area contributed by atoms with Crippen molar-refractivity contribution >= 4 is 10.0 Å². The smallest absolute Gasteiger partial charge is 0.209 e. The van der Waals surface area contributed by atoms with E-state index in [9.17, 15) is 8.42 Å². The SMILES string of the molecule is COCC(C)(C)NS(C)(=O)=O. The third-order valence-electron chi connectivity index (χ3n) is 0.967. The zero-order chi connectivity index (χ0) is 9.12. The van der Waals surface area contributed by atoms with Gasteiger partial charge in [0.25, 0.3) is 0 Å². The maximum absolute atomic E-state index is 10.8. The summed E-state index contributed by atoms with van der Waals surface area (Å²) in [5.41, 5.74) is -0.525. The van der Waals surface area contributed by atoms with Crippen LogP contribution in [0.3, 0.4) is 0 Å². The molecule has 0 aliphatic heterocycles. The second-order valence-electron chi connectivity index (χ2n) is 3.19. The molecular weight excluding hydrogens is 166 g/mol. The van der Waals surface area contributed by atoms with Crippen molar-refractivity contribution in [1.82, 2.24) is 4.72 Å². The van der Waals surface area contributed by atoms with E-state index >= 15 is 0 Å². The van der Waals surface area contributed by atoms with Gasteiger partial charge in [0.05, 0.1) is 18.4 Å². The minimum atomic E-state index is -3.13. The van der Waals surface area contributed by atoms with E-state index in [4.69, 9.17) is 4.74 Å². The maximum atomic E-state index is 10.8. The number of hydrogen-bond donors (Lipinski definition) is 1. The minimum absolute atomic E-state index is 0.361. The Bertz CT molecular complexity index is 208. The molecule has 0 aromatic rings. The summed E-state index contributed by atoms with van der Waals surface area (Å²) in [6, 6.07) is 0. The van der Waals surface area contributed by atoms with E-state index in [0.717, 1.165) is 6.26 Å². The first kappa shape index (κ1) is 10.9. The highest BCUT2D eigenvalue weighted by Gasteiger charge is 2.21. The Labute approximate surface area is 68.0 Å². The van der Waals surface area contributed by atoms with Crippen molar-refractivity contribution in [1.29, 1.82) is 0 Å². The molecule has 5 heteroatoms. The molecule has 0 aromatic heterocycles. The van der Waals surface area contributed by atoms with Gasteiger partial charge in [0.2, 0.25) is 10.0 Å². The Hall–Kier alpha value is -0.130. The quantitative estimate of drug-likeness (QED) is 0.662. The van der Waals surface area contributed by atoms with Crippen molar-refractivity contribution in [3.63, 3.8) is 0 Å². The fourth-order valence-corrected chi connectivity index (χ4v) is 1.95. The van der Waals surface area contributed by atoms with Gasteiger partial charge in [-0.15, -0.1) is 0 Å². The second-order valence-corrected chi connectivity index (χ2v) is 4.94. The second kappa shape index (κ2) is 3.51. The molecular formula is C6H15NO3S. The molecule has 68 valence electrons. The fraction of sp³-hybridized carbons (Fsp3) is 1.00. The number of methoxy groups -OCH3 is 1. The van der Waals surface area contributed by atoms with Crippen molar-refractivity contribution in [3.05, 3.63) is 0 Å². The van der Waals surface area contributed by atoms with Gasteiger partial charge in [0.15, 0.2) is 0 Å². The molecule has 0 aromatic carbocycles. The van der Waals surface area contributed by atoms with Gasteiger partial charge >= 0.3 is 0 Å². The van der Waals surface area contributed by atoms with Crippen LogP contribution in [0.5, 0.6) is 0 Å². The van der Waals surface area contributed by atoms with Crippen LogP contribution in [0.2, 0.25) is 0 Å². The highest BCUT2D eigenvalue weighted by Crippen LogP contribution is 2.02. The molecule has 0 aliphatic rings. The third kappa shape index (κ3) is 6.28. The highest BCUT2D eigenvalue weighted by atomic mass is 32.2. The molecule has 1 N–H and O–H groups in total. The van der Waals surface area contributed by atoms with Crippen LogP contribution < -0.4 is 4.72 Å². The monoisotopic (exact) mass is 181 g/mol. The van der Waals surface area contributed by atoms with Crippen LogP contribution in [0.15, 0.2) is 0 Å². The molecule has 0 fully saturated rings. The van der Waals surface area contributed by atoms with Crippen molar-refractivity contribution in [2.45, 2.75) is 19.4 Å². The van der Waals surface area contributed by atoms with Gasteiger partial charge in [-0.3, -0.25) is 0 Å². The normalized spacial score (nSPS) is 13.5. The minimum Gasteiger partial charge on any atom is -0.383 e. The first-order chi connectivity index (χ1) is 4.77. The summed E-state index contributed by atoms with van der Waals surface area (Å²) in [6.07, 6.45) is 1.13. The van der Waals surface area contributed by atoms with Gasteiger partial charge in [-0.25, -0.2) is 13.1 Å².